The number of rotatable bonds is 6. The Bertz CT molecular complexity index is 1460. The van der Waals surface area contributed by atoms with E-state index in [0.717, 1.165) is 16.7 Å². The van der Waals surface area contributed by atoms with Crippen LogP contribution in [-0.2, 0) is 27.8 Å². The average molecular weight is 473 g/mol. The van der Waals surface area contributed by atoms with Crippen LogP contribution in [0.5, 0.6) is 0 Å². The van der Waals surface area contributed by atoms with Crippen molar-refractivity contribution in [1.82, 2.24) is 19.7 Å². The maximum atomic E-state index is 12.6. The fraction of sp³-hybridized carbons (Fsp3) is 0.0833. The number of benzene rings is 2. The summed E-state index contributed by atoms with van der Waals surface area (Å²) in [5.74, 6) is 0.221. The SMILES string of the molecule is O=C1Cc2cnc(Nc3ccc(S(=O)(=O)NCc4ccncc4)cc3)nc2-c2ccccc2N1. The number of hydrogen-bond donors (Lipinski definition) is 3. The summed E-state index contributed by atoms with van der Waals surface area (Å²) in [7, 11) is -3.67. The molecule has 0 spiro atoms. The molecule has 4 aromatic rings. The summed E-state index contributed by atoms with van der Waals surface area (Å²) in [5, 5.41) is 5.99. The molecule has 1 aliphatic heterocycles. The van der Waals surface area contributed by atoms with E-state index >= 15 is 0 Å². The standard InChI is InChI=1S/C24H20N6O3S/c31-22-13-17-15-26-24(30-23(17)20-3-1-2-4-21(20)29-22)28-18-5-7-19(8-6-18)34(32,33)27-14-16-9-11-25-12-10-16/h1-12,15,27H,13-14H2,(H,29,31)(H,26,28,30). The van der Waals surface area contributed by atoms with Gasteiger partial charge in [0.2, 0.25) is 21.9 Å². The molecule has 5 rings (SSSR count). The number of carbonyl (C=O) groups excluding carboxylic acids is 1. The third-order valence-electron chi connectivity index (χ3n) is 5.31. The molecule has 0 saturated carbocycles. The van der Waals surface area contributed by atoms with E-state index in [2.05, 4.69) is 30.3 Å². The van der Waals surface area contributed by atoms with E-state index < -0.39 is 10.0 Å². The zero-order chi connectivity index (χ0) is 23.5. The molecule has 2 aromatic heterocycles. The van der Waals surface area contributed by atoms with Gasteiger partial charge in [-0.25, -0.2) is 23.1 Å². The average Bonchev–Trinajstić information content (AvgIpc) is 2.99. The Hall–Kier alpha value is -4.15. The van der Waals surface area contributed by atoms with Crippen molar-refractivity contribution in [2.45, 2.75) is 17.9 Å². The number of para-hydroxylation sites is 1. The molecule has 1 aliphatic rings. The molecule has 0 bridgehead atoms. The van der Waals surface area contributed by atoms with Gasteiger partial charge in [0.05, 0.1) is 22.7 Å². The zero-order valence-electron chi connectivity index (χ0n) is 17.9. The summed E-state index contributed by atoms with van der Waals surface area (Å²) in [5.41, 5.74) is 4.36. The maximum absolute atomic E-state index is 12.6. The van der Waals surface area contributed by atoms with Crippen molar-refractivity contribution in [3.63, 3.8) is 0 Å². The zero-order valence-corrected chi connectivity index (χ0v) is 18.7. The fourth-order valence-corrected chi connectivity index (χ4v) is 4.62. The van der Waals surface area contributed by atoms with Gasteiger partial charge < -0.3 is 10.6 Å². The highest BCUT2D eigenvalue weighted by atomic mass is 32.2. The van der Waals surface area contributed by atoms with Gasteiger partial charge >= 0.3 is 0 Å². The van der Waals surface area contributed by atoms with Gasteiger partial charge in [-0.2, -0.15) is 0 Å². The minimum atomic E-state index is -3.67. The molecular formula is C24H20N6O3S. The first-order chi connectivity index (χ1) is 16.5. The largest absolute Gasteiger partial charge is 0.325 e. The van der Waals surface area contributed by atoms with E-state index in [4.69, 9.17) is 0 Å². The number of nitrogens with one attached hydrogen (secondary N) is 3. The molecule has 0 saturated heterocycles. The molecule has 3 heterocycles. The summed E-state index contributed by atoms with van der Waals surface area (Å²) in [6.45, 7) is 0.173. The molecule has 0 fully saturated rings. The number of aromatic nitrogens is 3. The minimum Gasteiger partial charge on any atom is -0.325 e. The molecule has 0 aliphatic carbocycles. The molecule has 3 N–H and O–H groups in total. The predicted octanol–water partition coefficient (Wildman–Crippen LogP) is 3.26. The third-order valence-corrected chi connectivity index (χ3v) is 6.73. The summed E-state index contributed by atoms with van der Waals surface area (Å²) >= 11 is 0. The predicted molar refractivity (Wildman–Crippen MR) is 128 cm³/mol. The van der Waals surface area contributed by atoms with Crippen LogP contribution in [0.25, 0.3) is 11.3 Å². The number of nitrogens with zero attached hydrogens (tertiary/aromatic N) is 3. The van der Waals surface area contributed by atoms with Crippen LogP contribution < -0.4 is 15.4 Å². The van der Waals surface area contributed by atoms with Crippen LogP contribution in [0, 0.1) is 0 Å². The first-order valence-electron chi connectivity index (χ1n) is 10.5. The first-order valence-corrected chi connectivity index (χ1v) is 12.0. The van der Waals surface area contributed by atoms with E-state index in [1.807, 2.05) is 24.3 Å². The molecule has 1 amide bonds. The minimum absolute atomic E-state index is 0.121. The number of carbonyl (C=O) groups is 1. The van der Waals surface area contributed by atoms with E-state index in [1.165, 1.54) is 12.1 Å². The van der Waals surface area contributed by atoms with Crippen LogP contribution in [0.15, 0.2) is 84.1 Å². The lowest BCUT2D eigenvalue weighted by atomic mass is 10.1. The van der Waals surface area contributed by atoms with Gasteiger partial charge in [0.1, 0.15) is 0 Å². The van der Waals surface area contributed by atoms with Crippen molar-refractivity contribution in [2.24, 2.45) is 0 Å². The van der Waals surface area contributed by atoms with Gasteiger partial charge in [-0.1, -0.05) is 18.2 Å². The number of anilines is 3. The number of amides is 1. The third kappa shape index (κ3) is 4.63. The lowest BCUT2D eigenvalue weighted by Gasteiger charge is -2.11. The van der Waals surface area contributed by atoms with Crippen molar-refractivity contribution < 1.29 is 13.2 Å². The van der Waals surface area contributed by atoms with Crippen molar-refractivity contribution in [3.05, 3.63) is 90.4 Å². The smallest absolute Gasteiger partial charge is 0.240 e. The Kier molecular flexibility index (Phi) is 5.74. The van der Waals surface area contributed by atoms with E-state index in [9.17, 15) is 13.2 Å². The Morgan fingerprint density at radius 3 is 2.53 bits per heavy atom. The van der Waals surface area contributed by atoms with Crippen molar-refractivity contribution in [3.8, 4) is 11.3 Å². The van der Waals surface area contributed by atoms with Gasteiger partial charge in [-0.3, -0.25) is 9.78 Å². The number of hydrogen-bond acceptors (Lipinski definition) is 7. The highest BCUT2D eigenvalue weighted by molar-refractivity contribution is 7.89. The normalized spacial score (nSPS) is 12.8. The topological polar surface area (TPSA) is 126 Å². The van der Waals surface area contributed by atoms with Crippen LogP contribution in [0.4, 0.5) is 17.3 Å². The molecule has 0 unspecified atom stereocenters. The molecule has 34 heavy (non-hydrogen) atoms. The maximum Gasteiger partial charge on any atom is 0.240 e. The van der Waals surface area contributed by atoms with Gasteiger partial charge in [0, 0.05) is 41.9 Å². The molecule has 10 heteroatoms. The molecular weight excluding hydrogens is 452 g/mol. The van der Waals surface area contributed by atoms with Crippen LogP contribution in [0.2, 0.25) is 0 Å². The summed E-state index contributed by atoms with van der Waals surface area (Å²) < 4.78 is 27.8. The first kappa shape index (κ1) is 21.7. The fourth-order valence-electron chi connectivity index (χ4n) is 3.60. The van der Waals surface area contributed by atoms with Crippen molar-refractivity contribution >= 4 is 33.3 Å². The Balaban J connectivity index is 1.34. The van der Waals surface area contributed by atoms with Crippen molar-refractivity contribution in [1.29, 1.82) is 0 Å². The summed E-state index contributed by atoms with van der Waals surface area (Å²) in [4.78, 5) is 25.2. The monoisotopic (exact) mass is 472 g/mol. The van der Waals surface area contributed by atoms with Gasteiger partial charge in [-0.15, -0.1) is 0 Å². The van der Waals surface area contributed by atoms with Crippen LogP contribution >= 0.6 is 0 Å². The second-order valence-corrected chi connectivity index (χ2v) is 9.43. The Morgan fingerprint density at radius 2 is 1.74 bits per heavy atom. The van der Waals surface area contributed by atoms with Gasteiger partial charge in [-0.05, 0) is 48.0 Å². The van der Waals surface area contributed by atoms with E-state index in [0.29, 0.717) is 23.0 Å². The number of pyridine rings is 1. The Labute approximate surface area is 196 Å². The summed E-state index contributed by atoms with van der Waals surface area (Å²) in [6.07, 6.45) is 5.04. The second kappa shape index (κ2) is 9.00. The van der Waals surface area contributed by atoms with Gasteiger partial charge in [0.25, 0.3) is 0 Å². The lowest BCUT2D eigenvalue weighted by molar-refractivity contribution is -0.115. The lowest BCUT2D eigenvalue weighted by Crippen LogP contribution is -2.23. The van der Waals surface area contributed by atoms with Gasteiger partial charge in [0.15, 0.2) is 0 Å². The second-order valence-electron chi connectivity index (χ2n) is 7.67. The highest BCUT2D eigenvalue weighted by Gasteiger charge is 2.21. The Morgan fingerprint density at radius 1 is 0.971 bits per heavy atom. The molecule has 0 radical (unpaired) electrons. The van der Waals surface area contributed by atoms with E-state index in [-0.39, 0.29) is 23.8 Å². The van der Waals surface area contributed by atoms with E-state index in [1.54, 1.807) is 42.9 Å². The highest BCUT2D eigenvalue weighted by Crippen LogP contribution is 2.32. The molecule has 9 nitrogen and oxygen atoms in total. The van der Waals surface area contributed by atoms with Crippen molar-refractivity contribution in [2.75, 3.05) is 10.6 Å². The summed E-state index contributed by atoms with van der Waals surface area (Å²) in [6, 6.07) is 17.3. The molecule has 2 aromatic carbocycles. The number of sulfonamides is 1. The molecule has 170 valence electrons. The molecule has 0 atom stereocenters. The van der Waals surface area contributed by atoms with Crippen LogP contribution in [-0.4, -0.2) is 29.3 Å². The van der Waals surface area contributed by atoms with Crippen LogP contribution in [0.1, 0.15) is 11.1 Å². The van der Waals surface area contributed by atoms with Crippen LogP contribution in [0.3, 0.4) is 0 Å². The quantitative estimate of drug-likeness (QED) is 0.393. The number of fused-ring (bicyclic) bond motifs is 3.